The molecule has 2 aromatic rings. The van der Waals surface area contributed by atoms with Crippen LogP contribution in [0.3, 0.4) is 0 Å². The van der Waals surface area contributed by atoms with Crippen LogP contribution in [0.1, 0.15) is 88.2 Å². The lowest BCUT2D eigenvalue weighted by Gasteiger charge is -2.44. The molecule has 7 heteroatoms. The van der Waals surface area contributed by atoms with Crippen LogP contribution in [0.2, 0.25) is 0 Å². The van der Waals surface area contributed by atoms with Gasteiger partial charge in [0.2, 0.25) is 5.91 Å². The first kappa shape index (κ1) is 26.4. The number of nitrogens with zero attached hydrogens (tertiary/aromatic N) is 3. The van der Waals surface area contributed by atoms with Gasteiger partial charge in [0.25, 0.3) is 5.91 Å². The van der Waals surface area contributed by atoms with E-state index in [2.05, 4.69) is 36.5 Å². The van der Waals surface area contributed by atoms with Gasteiger partial charge < -0.3 is 15.0 Å². The summed E-state index contributed by atoms with van der Waals surface area (Å²) >= 11 is 0. The van der Waals surface area contributed by atoms with E-state index in [-0.39, 0.29) is 17.9 Å². The molecule has 1 atom stereocenters. The van der Waals surface area contributed by atoms with Crippen LogP contribution in [-0.4, -0.2) is 57.8 Å². The zero-order valence-corrected chi connectivity index (χ0v) is 22.2. The third-order valence-electron chi connectivity index (χ3n) is 7.76. The van der Waals surface area contributed by atoms with Gasteiger partial charge in [-0.15, -0.1) is 0 Å². The van der Waals surface area contributed by atoms with Crippen molar-refractivity contribution in [3.8, 4) is 11.3 Å². The number of fused-ring (bicyclic) bond motifs is 1. The molecule has 0 spiro atoms. The van der Waals surface area contributed by atoms with E-state index in [0.717, 1.165) is 43.4 Å². The molecule has 4 rings (SSSR count). The smallest absolute Gasteiger partial charge is 0.273 e. The maximum absolute atomic E-state index is 13.8. The Hall–Kier alpha value is -2.67. The lowest BCUT2D eigenvalue weighted by atomic mass is 9.92. The van der Waals surface area contributed by atoms with Crippen LogP contribution in [0.4, 0.5) is 0 Å². The third kappa shape index (κ3) is 5.83. The molecule has 7 nitrogen and oxygen atoms in total. The van der Waals surface area contributed by atoms with Crippen LogP contribution in [0.15, 0.2) is 30.3 Å². The van der Waals surface area contributed by atoms with Crippen molar-refractivity contribution in [2.75, 3.05) is 19.8 Å². The van der Waals surface area contributed by atoms with Crippen LogP contribution in [0.5, 0.6) is 0 Å². The number of rotatable bonds is 9. The maximum Gasteiger partial charge on any atom is 0.273 e. The fraction of sp³-hybridized carbons (Fsp3) is 0.621. The molecule has 1 aromatic carbocycles. The van der Waals surface area contributed by atoms with Gasteiger partial charge in [0.05, 0.1) is 12.2 Å². The van der Waals surface area contributed by atoms with E-state index in [1.807, 2.05) is 19.9 Å². The Morgan fingerprint density at radius 3 is 2.47 bits per heavy atom. The topological polar surface area (TPSA) is 76.5 Å². The Morgan fingerprint density at radius 1 is 1.11 bits per heavy atom. The van der Waals surface area contributed by atoms with E-state index in [4.69, 9.17) is 9.84 Å². The van der Waals surface area contributed by atoms with Gasteiger partial charge in [-0.3, -0.25) is 14.3 Å². The number of aromatic nitrogens is 2. The minimum absolute atomic E-state index is 0.0761. The van der Waals surface area contributed by atoms with Gasteiger partial charge in [0.15, 0.2) is 0 Å². The first-order valence-corrected chi connectivity index (χ1v) is 13.8. The molecule has 1 N–H and O–H groups in total. The van der Waals surface area contributed by atoms with Gasteiger partial charge in [-0.2, -0.15) is 5.10 Å². The lowest BCUT2D eigenvalue weighted by molar-refractivity contribution is -0.134. The Labute approximate surface area is 215 Å². The highest BCUT2D eigenvalue weighted by Gasteiger charge is 2.48. The number of carbonyl (C=O) groups excluding carboxylic acids is 2. The van der Waals surface area contributed by atoms with Crippen molar-refractivity contribution < 1.29 is 14.3 Å². The molecule has 1 aliphatic heterocycles. The highest BCUT2D eigenvalue weighted by Crippen LogP contribution is 2.31. The lowest BCUT2D eigenvalue weighted by Crippen LogP contribution is -2.65. The normalized spacial score (nSPS) is 21.1. The first-order valence-electron chi connectivity index (χ1n) is 13.8. The minimum atomic E-state index is -1.01. The molecular formula is C29H42N4O3. The summed E-state index contributed by atoms with van der Waals surface area (Å²) in [7, 11) is 0. The number of nitrogens with one attached hydrogen (secondary N) is 1. The largest absolute Gasteiger partial charge is 0.382 e. The predicted molar refractivity (Wildman–Crippen MR) is 142 cm³/mol. The molecule has 2 heterocycles. The Balaban J connectivity index is 1.60. The zero-order chi connectivity index (χ0) is 25.5. The molecule has 0 unspecified atom stereocenters. The molecule has 36 heavy (non-hydrogen) atoms. The Bertz CT molecular complexity index is 1020. The molecule has 1 fully saturated rings. The highest BCUT2D eigenvalue weighted by molar-refractivity contribution is 6.00. The van der Waals surface area contributed by atoms with Gasteiger partial charge in [0, 0.05) is 31.4 Å². The molecule has 0 saturated heterocycles. The standard InChI is InChI=1S/C29H42N4O3/c1-4-22-14-16-23(17-15-22)25-20-26-27(34)32(18-11-19-36-5-2)29(3,21-33(26)31-25)28(35)30-24-12-9-7-6-8-10-13-24/h14-17,20,24H,4-13,18-19,21H2,1-3H3,(H,30,35)/t29-/m1/s1. The second-order valence-electron chi connectivity index (χ2n) is 10.4. The van der Waals surface area contributed by atoms with Crippen molar-refractivity contribution >= 4 is 11.8 Å². The summed E-state index contributed by atoms with van der Waals surface area (Å²) < 4.78 is 7.27. The summed E-state index contributed by atoms with van der Waals surface area (Å²) in [5.74, 6) is -0.218. The van der Waals surface area contributed by atoms with E-state index in [9.17, 15) is 9.59 Å². The predicted octanol–water partition coefficient (Wildman–Crippen LogP) is 4.98. The van der Waals surface area contributed by atoms with Crippen molar-refractivity contribution in [1.29, 1.82) is 0 Å². The number of hydrogen-bond donors (Lipinski definition) is 1. The Kier molecular flexibility index (Phi) is 8.83. The van der Waals surface area contributed by atoms with E-state index in [1.165, 1.54) is 24.8 Å². The number of ether oxygens (including phenoxy) is 1. The van der Waals surface area contributed by atoms with Crippen molar-refractivity contribution in [3.05, 3.63) is 41.6 Å². The number of carbonyl (C=O) groups is 2. The summed E-state index contributed by atoms with van der Waals surface area (Å²) in [5.41, 5.74) is 2.54. The summed E-state index contributed by atoms with van der Waals surface area (Å²) in [5, 5.41) is 8.11. The highest BCUT2D eigenvalue weighted by atomic mass is 16.5. The van der Waals surface area contributed by atoms with Crippen molar-refractivity contribution in [3.63, 3.8) is 0 Å². The molecular weight excluding hydrogens is 452 g/mol. The van der Waals surface area contributed by atoms with Gasteiger partial charge in [-0.25, -0.2) is 0 Å². The van der Waals surface area contributed by atoms with Crippen LogP contribution < -0.4 is 5.32 Å². The van der Waals surface area contributed by atoms with Gasteiger partial charge in [0.1, 0.15) is 11.2 Å². The Morgan fingerprint density at radius 2 is 1.81 bits per heavy atom. The van der Waals surface area contributed by atoms with Gasteiger partial charge in [-0.05, 0) is 51.2 Å². The average molecular weight is 495 g/mol. The van der Waals surface area contributed by atoms with E-state index in [0.29, 0.717) is 38.4 Å². The van der Waals surface area contributed by atoms with Crippen molar-refractivity contribution in [2.45, 2.75) is 96.7 Å². The molecule has 0 bridgehead atoms. The van der Waals surface area contributed by atoms with Crippen LogP contribution in [0.25, 0.3) is 11.3 Å². The first-order chi connectivity index (χ1) is 17.5. The number of amides is 2. The van der Waals surface area contributed by atoms with Gasteiger partial charge >= 0.3 is 0 Å². The van der Waals surface area contributed by atoms with E-state index >= 15 is 0 Å². The summed E-state index contributed by atoms with van der Waals surface area (Å²) in [6.07, 6.45) is 9.69. The fourth-order valence-corrected chi connectivity index (χ4v) is 5.45. The van der Waals surface area contributed by atoms with E-state index in [1.54, 1.807) is 9.58 Å². The summed E-state index contributed by atoms with van der Waals surface area (Å²) in [6.45, 7) is 8.00. The molecule has 1 aromatic heterocycles. The van der Waals surface area contributed by atoms with Gasteiger partial charge in [-0.1, -0.05) is 63.3 Å². The SMILES string of the molecule is CCOCCCN1C(=O)c2cc(-c3ccc(CC)cc3)nn2C[C@]1(C)C(=O)NC1CCCCCCC1. The monoisotopic (exact) mass is 494 g/mol. The number of hydrogen-bond acceptors (Lipinski definition) is 4. The summed E-state index contributed by atoms with van der Waals surface area (Å²) in [4.78, 5) is 29.3. The molecule has 2 amide bonds. The van der Waals surface area contributed by atoms with Crippen LogP contribution in [-0.2, 0) is 22.5 Å². The quantitative estimate of drug-likeness (QED) is 0.499. The van der Waals surface area contributed by atoms with Crippen molar-refractivity contribution in [2.24, 2.45) is 0 Å². The maximum atomic E-state index is 13.8. The third-order valence-corrected chi connectivity index (χ3v) is 7.76. The van der Waals surface area contributed by atoms with E-state index < -0.39 is 5.54 Å². The molecule has 0 radical (unpaired) electrons. The number of benzene rings is 1. The average Bonchev–Trinajstić information content (AvgIpc) is 3.29. The van der Waals surface area contributed by atoms with Crippen LogP contribution >= 0.6 is 0 Å². The minimum Gasteiger partial charge on any atom is -0.382 e. The molecule has 2 aliphatic rings. The second kappa shape index (κ2) is 12.0. The number of aryl methyl sites for hydroxylation is 1. The molecule has 1 aliphatic carbocycles. The summed E-state index contributed by atoms with van der Waals surface area (Å²) in [6, 6.07) is 10.3. The molecule has 1 saturated carbocycles. The second-order valence-corrected chi connectivity index (χ2v) is 10.4. The fourth-order valence-electron chi connectivity index (χ4n) is 5.45. The van der Waals surface area contributed by atoms with Crippen LogP contribution in [0, 0.1) is 0 Å². The zero-order valence-electron chi connectivity index (χ0n) is 22.2. The molecule has 196 valence electrons. The van der Waals surface area contributed by atoms with Crippen molar-refractivity contribution in [1.82, 2.24) is 20.0 Å².